The molecule has 0 spiro atoms. The van der Waals surface area contributed by atoms with Crippen molar-refractivity contribution < 1.29 is 22.6 Å². The van der Waals surface area contributed by atoms with E-state index in [1.54, 1.807) is 25.3 Å². The van der Waals surface area contributed by atoms with Crippen LogP contribution >= 0.6 is 0 Å². The van der Waals surface area contributed by atoms with Crippen LogP contribution in [-0.2, 0) is 6.18 Å². The van der Waals surface area contributed by atoms with Crippen LogP contribution in [0.25, 0.3) is 0 Å². The molecule has 3 aromatic rings. The summed E-state index contributed by atoms with van der Waals surface area (Å²) < 4.78 is 50.3. The molecule has 0 aromatic heterocycles. The molecule has 0 radical (unpaired) electrons. The van der Waals surface area contributed by atoms with E-state index in [1.807, 2.05) is 48.5 Å². The number of hydrogen-bond acceptors (Lipinski definition) is 4. The Labute approximate surface area is 178 Å². The maximum absolute atomic E-state index is 13.3. The van der Waals surface area contributed by atoms with Gasteiger partial charge in [0.2, 0.25) is 0 Å². The van der Waals surface area contributed by atoms with Crippen LogP contribution in [0.2, 0.25) is 0 Å². The molecule has 0 aliphatic carbocycles. The van der Waals surface area contributed by atoms with Crippen molar-refractivity contribution >= 4 is 11.4 Å². The van der Waals surface area contributed by atoms with Crippen LogP contribution < -0.4 is 14.5 Å². The molecule has 0 bridgehead atoms. The predicted octanol–water partition coefficient (Wildman–Crippen LogP) is 6.08. The molecular formula is C24H21F3N2O2. The number of anilines is 1. The molecule has 0 amide bonds. The van der Waals surface area contributed by atoms with Gasteiger partial charge in [0.25, 0.3) is 0 Å². The molecule has 4 nitrogen and oxygen atoms in total. The standard InChI is InChI=1S/C24H21F3N2O2/c1-30-20-10-6-16(7-11-20)22-15-23(17-8-12-21(31-2)13-9-17)29(28-22)19-5-3-4-18(14-19)24(25,26)27/h3-14,23H,15H2,1-2H3. The van der Waals surface area contributed by atoms with Crippen LogP contribution in [0.1, 0.15) is 29.2 Å². The fraction of sp³-hybridized carbons (Fsp3) is 0.208. The zero-order valence-corrected chi connectivity index (χ0v) is 17.1. The first-order valence-corrected chi connectivity index (χ1v) is 9.71. The van der Waals surface area contributed by atoms with Gasteiger partial charge >= 0.3 is 6.18 Å². The first-order valence-electron chi connectivity index (χ1n) is 9.71. The summed E-state index contributed by atoms with van der Waals surface area (Å²) in [6, 6.07) is 20.0. The molecule has 0 fully saturated rings. The molecule has 0 saturated carbocycles. The fourth-order valence-corrected chi connectivity index (χ4v) is 3.62. The van der Waals surface area contributed by atoms with E-state index in [4.69, 9.17) is 14.6 Å². The maximum Gasteiger partial charge on any atom is 0.416 e. The fourth-order valence-electron chi connectivity index (χ4n) is 3.62. The number of nitrogens with zero attached hydrogens (tertiary/aromatic N) is 2. The Morgan fingerprint density at radius 2 is 1.48 bits per heavy atom. The molecule has 1 atom stereocenters. The average Bonchev–Trinajstić information content (AvgIpc) is 3.24. The molecule has 1 aliphatic heterocycles. The number of benzene rings is 3. The van der Waals surface area contributed by atoms with Crippen molar-refractivity contribution in [3.8, 4) is 11.5 Å². The van der Waals surface area contributed by atoms with E-state index in [1.165, 1.54) is 6.07 Å². The van der Waals surface area contributed by atoms with E-state index in [2.05, 4.69) is 0 Å². The Morgan fingerprint density at radius 1 is 0.871 bits per heavy atom. The van der Waals surface area contributed by atoms with Crippen LogP contribution in [0.5, 0.6) is 11.5 Å². The summed E-state index contributed by atoms with van der Waals surface area (Å²) in [6.07, 6.45) is -3.87. The van der Waals surface area contributed by atoms with Crippen LogP contribution in [0, 0.1) is 0 Å². The lowest BCUT2D eigenvalue weighted by Gasteiger charge is -2.25. The number of halogens is 3. The number of hydrazone groups is 1. The minimum Gasteiger partial charge on any atom is -0.497 e. The molecule has 4 rings (SSSR count). The van der Waals surface area contributed by atoms with Gasteiger partial charge < -0.3 is 9.47 Å². The van der Waals surface area contributed by atoms with E-state index < -0.39 is 11.7 Å². The molecule has 1 aliphatic rings. The minimum absolute atomic E-state index is 0.244. The van der Waals surface area contributed by atoms with Gasteiger partial charge in [0.05, 0.1) is 37.2 Å². The normalized spacial score (nSPS) is 16.2. The Kier molecular flexibility index (Phi) is 5.59. The lowest BCUT2D eigenvalue weighted by Crippen LogP contribution is -2.19. The monoisotopic (exact) mass is 426 g/mol. The summed E-state index contributed by atoms with van der Waals surface area (Å²) in [6.45, 7) is 0. The van der Waals surface area contributed by atoms with E-state index in [0.29, 0.717) is 17.9 Å². The minimum atomic E-state index is -4.42. The van der Waals surface area contributed by atoms with Crippen LogP contribution in [0.3, 0.4) is 0 Å². The Morgan fingerprint density at radius 3 is 2.06 bits per heavy atom. The molecule has 1 heterocycles. The summed E-state index contributed by atoms with van der Waals surface area (Å²) in [5.41, 5.74) is 2.31. The van der Waals surface area contributed by atoms with Crippen LogP contribution in [0.4, 0.5) is 18.9 Å². The maximum atomic E-state index is 13.3. The molecule has 31 heavy (non-hydrogen) atoms. The quantitative estimate of drug-likeness (QED) is 0.496. The molecule has 0 saturated heterocycles. The van der Waals surface area contributed by atoms with Crippen molar-refractivity contribution in [3.63, 3.8) is 0 Å². The summed E-state index contributed by atoms with van der Waals surface area (Å²) in [5.74, 6) is 1.44. The highest BCUT2D eigenvalue weighted by Crippen LogP contribution is 2.39. The van der Waals surface area contributed by atoms with Crippen molar-refractivity contribution in [2.75, 3.05) is 19.2 Å². The molecular weight excluding hydrogens is 405 g/mol. The van der Waals surface area contributed by atoms with Gasteiger partial charge in [-0.2, -0.15) is 18.3 Å². The molecule has 0 N–H and O–H groups in total. The second-order valence-corrected chi connectivity index (χ2v) is 7.16. The van der Waals surface area contributed by atoms with Gasteiger partial charge in [-0.15, -0.1) is 0 Å². The number of ether oxygens (including phenoxy) is 2. The molecule has 7 heteroatoms. The Bertz CT molecular complexity index is 1080. The van der Waals surface area contributed by atoms with Gasteiger partial charge in [0.1, 0.15) is 11.5 Å². The van der Waals surface area contributed by atoms with E-state index in [9.17, 15) is 13.2 Å². The second-order valence-electron chi connectivity index (χ2n) is 7.16. The zero-order chi connectivity index (χ0) is 22.0. The topological polar surface area (TPSA) is 34.1 Å². The lowest BCUT2D eigenvalue weighted by atomic mass is 9.98. The number of hydrogen-bond donors (Lipinski definition) is 0. The van der Waals surface area contributed by atoms with E-state index >= 15 is 0 Å². The third kappa shape index (κ3) is 4.35. The van der Waals surface area contributed by atoms with Crippen LogP contribution in [-0.4, -0.2) is 19.9 Å². The van der Waals surface area contributed by atoms with Gasteiger partial charge in [-0.05, 0) is 65.7 Å². The SMILES string of the molecule is COc1ccc(C2=NN(c3cccc(C(F)(F)F)c3)C(c3ccc(OC)cc3)C2)cc1. The highest BCUT2D eigenvalue weighted by Gasteiger charge is 2.34. The van der Waals surface area contributed by atoms with Gasteiger partial charge in [-0.1, -0.05) is 18.2 Å². The van der Waals surface area contributed by atoms with E-state index in [0.717, 1.165) is 34.7 Å². The molecule has 160 valence electrons. The first-order chi connectivity index (χ1) is 14.9. The van der Waals surface area contributed by atoms with Gasteiger partial charge in [0.15, 0.2) is 0 Å². The summed E-state index contributed by atoms with van der Waals surface area (Å²) >= 11 is 0. The Balaban J connectivity index is 1.74. The number of alkyl halides is 3. The first kappa shape index (κ1) is 20.8. The third-order valence-electron chi connectivity index (χ3n) is 5.27. The van der Waals surface area contributed by atoms with Crippen molar-refractivity contribution in [2.45, 2.75) is 18.6 Å². The summed E-state index contributed by atoms with van der Waals surface area (Å²) in [5, 5.41) is 6.38. The molecule has 3 aromatic carbocycles. The molecule has 1 unspecified atom stereocenters. The van der Waals surface area contributed by atoms with Crippen molar-refractivity contribution in [2.24, 2.45) is 5.10 Å². The van der Waals surface area contributed by atoms with Gasteiger partial charge in [-0.25, -0.2) is 0 Å². The summed E-state index contributed by atoms with van der Waals surface area (Å²) in [4.78, 5) is 0. The predicted molar refractivity (Wildman–Crippen MR) is 114 cm³/mol. The van der Waals surface area contributed by atoms with Crippen molar-refractivity contribution in [1.29, 1.82) is 0 Å². The largest absolute Gasteiger partial charge is 0.497 e. The van der Waals surface area contributed by atoms with Crippen molar-refractivity contribution in [1.82, 2.24) is 0 Å². The van der Waals surface area contributed by atoms with Gasteiger partial charge in [-0.3, -0.25) is 5.01 Å². The Hall–Kier alpha value is -3.48. The average molecular weight is 426 g/mol. The highest BCUT2D eigenvalue weighted by molar-refractivity contribution is 6.03. The van der Waals surface area contributed by atoms with Crippen molar-refractivity contribution in [3.05, 3.63) is 89.5 Å². The lowest BCUT2D eigenvalue weighted by molar-refractivity contribution is -0.137. The van der Waals surface area contributed by atoms with E-state index in [-0.39, 0.29) is 6.04 Å². The third-order valence-corrected chi connectivity index (χ3v) is 5.27. The summed E-state index contributed by atoms with van der Waals surface area (Å²) in [7, 11) is 3.18. The number of methoxy groups -OCH3 is 2. The second kappa shape index (κ2) is 8.34. The van der Waals surface area contributed by atoms with Crippen LogP contribution in [0.15, 0.2) is 77.9 Å². The smallest absolute Gasteiger partial charge is 0.416 e. The van der Waals surface area contributed by atoms with Gasteiger partial charge in [0, 0.05) is 6.42 Å². The zero-order valence-electron chi connectivity index (χ0n) is 17.1. The number of rotatable bonds is 5. The highest BCUT2D eigenvalue weighted by atomic mass is 19.4.